The number of nitrogens with zero attached hydrogens (tertiary/aromatic N) is 2. The average Bonchev–Trinajstić information content (AvgIpc) is 2.90. The zero-order valence-electron chi connectivity index (χ0n) is 11.4. The van der Waals surface area contributed by atoms with E-state index in [4.69, 9.17) is 4.74 Å². The number of esters is 1. The lowest BCUT2D eigenvalue weighted by Crippen LogP contribution is -2.22. The molecular weight excluding hydrogens is 379 g/mol. The van der Waals surface area contributed by atoms with Crippen molar-refractivity contribution in [2.75, 3.05) is 7.11 Å². The number of carbonyl (C=O) groups excluding carboxylic acids is 1. The standard InChI is InChI=1S/C16H13IN2O2/c1-21-16(20)15(11-5-3-2-4-6-11)19-10-12-7-8-13(17)9-14(12)18-19/h2-10,15H,1H3/t15-/m1/s1. The summed E-state index contributed by atoms with van der Waals surface area (Å²) < 4.78 is 7.72. The number of aromatic nitrogens is 2. The Hall–Kier alpha value is -1.89. The van der Waals surface area contributed by atoms with E-state index in [2.05, 4.69) is 27.7 Å². The van der Waals surface area contributed by atoms with Crippen LogP contribution in [0.3, 0.4) is 0 Å². The van der Waals surface area contributed by atoms with Crippen LogP contribution in [0.15, 0.2) is 54.7 Å². The molecule has 0 radical (unpaired) electrons. The highest BCUT2D eigenvalue weighted by atomic mass is 127. The number of carbonyl (C=O) groups is 1. The fourth-order valence-electron chi connectivity index (χ4n) is 2.28. The lowest BCUT2D eigenvalue weighted by Gasteiger charge is -2.15. The van der Waals surface area contributed by atoms with Gasteiger partial charge in [-0.1, -0.05) is 36.4 Å². The second kappa shape index (κ2) is 5.85. The first kappa shape index (κ1) is 14.1. The van der Waals surface area contributed by atoms with Gasteiger partial charge >= 0.3 is 5.97 Å². The van der Waals surface area contributed by atoms with Gasteiger partial charge in [0.2, 0.25) is 0 Å². The van der Waals surface area contributed by atoms with Crippen LogP contribution in [0.2, 0.25) is 0 Å². The molecule has 106 valence electrons. The zero-order valence-corrected chi connectivity index (χ0v) is 13.5. The van der Waals surface area contributed by atoms with E-state index in [1.165, 1.54) is 7.11 Å². The summed E-state index contributed by atoms with van der Waals surface area (Å²) in [5, 5.41) is 5.53. The van der Waals surface area contributed by atoms with Gasteiger partial charge in [-0.3, -0.25) is 4.68 Å². The van der Waals surface area contributed by atoms with Crippen molar-refractivity contribution in [2.45, 2.75) is 6.04 Å². The summed E-state index contributed by atoms with van der Waals surface area (Å²) in [5.74, 6) is -0.330. The summed E-state index contributed by atoms with van der Waals surface area (Å²) in [4.78, 5) is 12.2. The van der Waals surface area contributed by atoms with Gasteiger partial charge in [0.05, 0.1) is 12.6 Å². The number of hydrogen-bond donors (Lipinski definition) is 0. The monoisotopic (exact) mass is 392 g/mol. The summed E-state index contributed by atoms with van der Waals surface area (Å²) in [6, 6.07) is 15.0. The summed E-state index contributed by atoms with van der Waals surface area (Å²) in [7, 11) is 1.39. The van der Waals surface area contributed by atoms with E-state index in [9.17, 15) is 4.79 Å². The van der Waals surface area contributed by atoms with Crippen LogP contribution < -0.4 is 0 Å². The van der Waals surface area contributed by atoms with Crippen molar-refractivity contribution < 1.29 is 9.53 Å². The van der Waals surface area contributed by atoms with Crippen molar-refractivity contribution in [3.8, 4) is 0 Å². The van der Waals surface area contributed by atoms with Gasteiger partial charge in [0.25, 0.3) is 0 Å². The molecule has 1 atom stereocenters. The van der Waals surface area contributed by atoms with Crippen LogP contribution in [0.1, 0.15) is 11.6 Å². The Bertz CT molecular complexity index is 783. The van der Waals surface area contributed by atoms with Gasteiger partial charge in [0.1, 0.15) is 0 Å². The Labute approximate surface area is 135 Å². The molecule has 21 heavy (non-hydrogen) atoms. The van der Waals surface area contributed by atoms with Gasteiger partial charge in [0, 0.05) is 15.2 Å². The number of hydrogen-bond acceptors (Lipinski definition) is 3. The Morgan fingerprint density at radius 2 is 2.00 bits per heavy atom. The van der Waals surface area contributed by atoms with Crippen LogP contribution in [-0.4, -0.2) is 22.9 Å². The van der Waals surface area contributed by atoms with Crippen LogP contribution in [0.25, 0.3) is 10.9 Å². The van der Waals surface area contributed by atoms with E-state index in [0.29, 0.717) is 0 Å². The third-order valence-electron chi connectivity index (χ3n) is 3.29. The van der Waals surface area contributed by atoms with Crippen LogP contribution >= 0.6 is 22.6 Å². The van der Waals surface area contributed by atoms with Crippen LogP contribution in [-0.2, 0) is 9.53 Å². The first-order valence-corrected chi connectivity index (χ1v) is 7.54. The molecule has 0 aliphatic carbocycles. The van der Waals surface area contributed by atoms with Gasteiger partial charge in [-0.2, -0.15) is 5.10 Å². The smallest absolute Gasteiger partial charge is 0.335 e. The van der Waals surface area contributed by atoms with Crippen molar-refractivity contribution in [3.63, 3.8) is 0 Å². The Balaban J connectivity index is 2.12. The quantitative estimate of drug-likeness (QED) is 0.507. The molecule has 0 amide bonds. The Morgan fingerprint density at radius 1 is 1.24 bits per heavy atom. The molecule has 0 fully saturated rings. The van der Waals surface area contributed by atoms with Crippen LogP contribution in [0.4, 0.5) is 0 Å². The summed E-state index contributed by atoms with van der Waals surface area (Å²) in [5.41, 5.74) is 1.72. The van der Waals surface area contributed by atoms with Crippen molar-refractivity contribution in [1.29, 1.82) is 0 Å². The lowest BCUT2D eigenvalue weighted by atomic mass is 10.1. The predicted molar refractivity (Wildman–Crippen MR) is 89.0 cm³/mol. The summed E-state index contributed by atoms with van der Waals surface area (Å²) >= 11 is 2.25. The van der Waals surface area contributed by atoms with Gasteiger partial charge in [0.15, 0.2) is 6.04 Å². The maximum atomic E-state index is 12.2. The van der Waals surface area contributed by atoms with Crippen molar-refractivity contribution in [3.05, 3.63) is 63.9 Å². The molecule has 5 heteroatoms. The molecule has 2 aromatic carbocycles. The summed E-state index contributed by atoms with van der Waals surface area (Å²) in [6.45, 7) is 0. The molecular formula is C16H13IN2O2. The summed E-state index contributed by atoms with van der Waals surface area (Å²) in [6.07, 6.45) is 1.88. The molecule has 0 aliphatic heterocycles. The zero-order chi connectivity index (χ0) is 14.8. The Morgan fingerprint density at radius 3 is 2.71 bits per heavy atom. The maximum absolute atomic E-state index is 12.2. The molecule has 3 aromatic rings. The number of methoxy groups -OCH3 is 1. The minimum atomic E-state index is -0.568. The lowest BCUT2D eigenvalue weighted by molar-refractivity contribution is -0.143. The third kappa shape index (κ3) is 2.78. The minimum Gasteiger partial charge on any atom is -0.467 e. The molecule has 3 rings (SSSR count). The molecule has 0 unspecified atom stereocenters. The van der Waals surface area contributed by atoms with Crippen molar-refractivity contribution in [2.24, 2.45) is 0 Å². The SMILES string of the molecule is COC(=O)[C@@H](c1ccccc1)n1cc2ccc(I)cc2n1. The third-order valence-corrected chi connectivity index (χ3v) is 3.96. The fourth-order valence-corrected chi connectivity index (χ4v) is 2.76. The predicted octanol–water partition coefficient (Wildman–Crippen LogP) is 3.40. The van der Waals surface area contributed by atoms with Crippen LogP contribution in [0, 0.1) is 3.57 Å². The van der Waals surface area contributed by atoms with Gasteiger partial charge in [-0.25, -0.2) is 4.79 Å². The van der Waals surface area contributed by atoms with Gasteiger partial charge in [-0.05, 0) is 40.3 Å². The van der Waals surface area contributed by atoms with E-state index in [-0.39, 0.29) is 5.97 Å². The molecule has 0 saturated heterocycles. The van der Waals surface area contributed by atoms with E-state index in [1.807, 2.05) is 54.7 Å². The van der Waals surface area contributed by atoms with E-state index < -0.39 is 6.04 Å². The van der Waals surface area contributed by atoms with E-state index >= 15 is 0 Å². The fraction of sp³-hybridized carbons (Fsp3) is 0.125. The molecule has 1 heterocycles. The van der Waals surface area contributed by atoms with Gasteiger partial charge < -0.3 is 4.74 Å². The molecule has 4 nitrogen and oxygen atoms in total. The molecule has 0 aliphatic rings. The topological polar surface area (TPSA) is 44.1 Å². The largest absolute Gasteiger partial charge is 0.467 e. The second-order valence-corrected chi connectivity index (χ2v) is 5.89. The normalized spacial score (nSPS) is 12.3. The average molecular weight is 392 g/mol. The maximum Gasteiger partial charge on any atom is 0.335 e. The minimum absolute atomic E-state index is 0.330. The number of halogens is 1. The second-order valence-electron chi connectivity index (χ2n) is 4.65. The highest BCUT2D eigenvalue weighted by molar-refractivity contribution is 14.1. The number of benzene rings is 2. The molecule has 1 aromatic heterocycles. The van der Waals surface area contributed by atoms with Crippen molar-refractivity contribution >= 4 is 39.5 Å². The first-order valence-electron chi connectivity index (χ1n) is 6.46. The molecule has 0 saturated carbocycles. The van der Waals surface area contributed by atoms with E-state index in [0.717, 1.165) is 20.0 Å². The van der Waals surface area contributed by atoms with Crippen LogP contribution in [0.5, 0.6) is 0 Å². The Kier molecular flexibility index (Phi) is 3.92. The molecule has 0 spiro atoms. The van der Waals surface area contributed by atoms with Gasteiger partial charge in [-0.15, -0.1) is 0 Å². The van der Waals surface area contributed by atoms with E-state index in [1.54, 1.807) is 4.68 Å². The first-order chi connectivity index (χ1) is 10.2. The molecule has 0 N–H and O–H groups in total. The molecule has 0 bridgehead atoms. The highest BCUT2D eigenvalue weighted by Crippen LogP contribution is 2.23. The number of fused-ring (bicyclic) bond motifs is 1. The number of rotatable bonds is 3. The number of ether oxygens (including phenoxy) is 1. The highest BCUT2D eigenvalue weighted by Gasteiger charge is 2.24. The van der Waals surface area contributed by atoms with Crippen molar-refractivity contribution in [1.82, 2.24) is 9.78 Å².